The highest BCUT2D eigenvalue weighted by molar-refractivity contribution is 14.1. The van der Waals surface area contributed by atoms with E-state index >= 15 is 0 Å². The molecule has 0 N–H and O–H groups in total. The van der Waals surface area contributed by atoms with Crippen LogP contribution in [0, 0.1) is 8.99 Å². The molecule has 0 aliphatic heterocycles. The molecule has 102 valence electrons. The van der Waals surface area contributed by atoms with Gasteiger partial charge < -0.3 is 4.57 Å². The maximum Gasteiger partial charge on any atom is 0.111 e. The number of rotatable bonds is 4. The fraction of sp³-hybridized carbons (Fsp3) is 0.533. The quantitative estimate of drug-likeness (QED) is 0.552. The van der Waals surface area contributed by atoms with E-state index < -0.39 is 0 Å². The van der Waals surface area contributed by atoms with Crippen LogP contribution >= 0.6 is 34.2 Å². The van der Waals surface area contributed by atoms with E-state index in [1.165, 1.54) is 28.3 Å². The number of imidazole rings is 1. The molecular weight excluding hydrogens is 371 g/mol. The molecule has 1 aliphatic rings. The van der Waals surface area contributed by atoms with Gasteiger partial charge in [0.15, 0.2) is 0 Å². The number of fused-ring (bicyclic) bond motifs is 1. The third-order valence-electron chi connectivity index (χ3n) is 4.21. The van der Waals surface area contributed by atoms with Crippen molar-refractivity contribution in [2.24, 2.45) is 5.41 Å². The summed E-state index contributed by atoms with van der Waals surface area (Å²) in [5.41, 5.74) is 2.82. The number of aromatic nitrogens is 2. The molecule has 1 fully saturated rings. The van der Waals surface area contributed by atoms with Crippen LogP contribution in [0.25, 0.3) is 11.0 Å². The van der Waals surface area contributed by atoms with Gasteiger partial charge in [0.25, 0.3) is 0 Å². The largest absolute Gasteiger partial charge is 0.327 e. The Morgan fingerprint density at radius 2 is 2.21 bits per heavy atom. The second kappa shape index (κ2) is 5.24. The highest BCUT2D eigenvalue weighted by atomic mass is 127. The molecule has 0 bridgehead atoms. The highest BCUT2D eigenvalue weighted by Crippen LogP contribution is 2.42. The molecule has 2 nitrogen and oxygen atoms in total. The van der Waals surface area contributed by atoms with Gasteiger partial charge in [0, 0.05) is 22.4 Å². The Bertz CT molecular complexity index is 601. The van der Waals surface area contributed by atoms with Crippen LogP contribution in [0.3, 0.4) is 0 Å². The summed E-state index contributed by atoms with van der Waals surface area (Å²) in [5.74, 6) is 1.78. The molecule has 0 saturated heterocycles. The second-order valence-corrected chi connectivity index (χ2v) is 7.47. The zero-order valence-electron chi connectivity index (χ0n) is 11.1. The summed E-state index contributed by atoms with van der Waals surface area (Å²) in [7, 11) is 0. The first kappa shape index (κ1) is 13.7. The monoisotopic (exact) mass is 388 g/mol. The molecule has 1 aromatic carbocycles. The minimum absolute atomic E-state index is 0.456. The van der Waals surface area contributed by atoms with Crippen molar-refractivity contribution in [2.75, 3.05) is 5.88 Å². The number of hydrogen-bond donors (Lipinski definition) is 0. The summed E-state index contributed by atoms with van der Waals surface area (Å²) >= 11 is 8.27. The fourth-order valence-corrected chi connectivity index (χ4v) is 3.57. The van der Waals surface area contributed by atoms with Crippen molar-refractivity contribution in [3.05, 3.63) is 27.6 Å². The number of halogens is 2. The van der Waals surface area contributed by atoms with Crippen LogP contribution in [-0.2, 0) is 13.0 Å². The van der Waals surface area contributed by atoms with Crippen LogP contribution in [0.15, 0.2) is 18.2 Å². The van der Waals surface area contributed by atoms with Crippen LogP contribution < -0.4 is 0 Å². The van der Waals surface area contributed by atoms with Crippen molar-refractivity contribution < 1.29 is 0 Å². The summed E-state index contributed by atoms with van der Waals surface area (Å²) in [6, 6.07) is 6.52. The molecule has 0 spiro atoms. The Balaban J connectivity index is 2.05. The van der Waals surface area contributed by atoms with Gasteiger partial charge in [0.1, 0.15) is 5.82 Å². The van der Waals surface area contributed by atoms with Crippen molar-refractivity contribution >= 4 is 45.2 Å². The van der Waals surface area contributed by atoms with Gasteiger partial charge in [-0.1, -0.05) is 13.3 Å². The van der Waals surface area contributed by atoms with E-state index in [-0.39, 0.29) is 0 Å². The lowest BCUT2D eigenvalue weighted by atomic mass is 9.70. The lowest BCUT2D eigenvalue weighted by molar-refractivity contribution is 0.132. The number of alkyl halides is 1. The van der Waals surface area contributed by atoms with Crippen LogP contribution in [0.4, 0.5) is 0 Å². The first-order valence-corrected chi connectivity index (χ1v) is 8.43. The SMILES string of the molecule is CC1(Cn2c(CCCl)nc3cc(I)ccc32)CCC1. The van der Waals surface area contributed by atoms with E-state index in [1.807, 2.05) is 0 Å². The fourth-order valence-electron chi connectivity index (χ4n) is 2.92. The number of nitrogens with zero attached hydrogens (tertiary/aromatic N) is 2. The number of benzene rings is 1. The third-order valence-corrected chi connectivity index (χ3v) is 5.07. The molecule has 1 heterocycles. The molecule has 4 heteroatoms. The lowest BCUT2D eigenvalue weighted by Gasteiger charge is -2.39. The van der Waals surface area contributed by atoms with E-state index in [9.17, 15) is 0 Å². The van der Waals surface area contributed by atoms with E-state index in [0.717, 1.165) is 24.3 Å². The summed E-state index contributed by atoms with van der Waals surface area (Å²) in [6.45, 7) is 3.47. The van der Waals surface area contributed by atoms with E-state index in [4.69, 9.17) is 16.6 Å². The van der Waals surface area contributed by atoms with Crippen molar-refractivity contribution in [3.63, 3.8) is 0 Å². The Kier molecular flexibility index (Phi) is 3.78. The molecular formula is C15H18ClIN2. The van der Waals surface area contributed by atoms with Crippen LogP contribution in [0.2, 0.25) is 0 Å². The first-order chi connectivity index (χ1) is 9.11. The molecule has 1 saturated carbocycles. The van der Waals surface area contributed by atoms with Crippen LogP contribution in [0.5, 0.6) is 0 Å². The van der Waals surface area contributed by atoms with Gasteiger partial charge in [-0.25, -0.2) is 4.98 Å². The molecule has 1 aromatic heterocycles. The summed E-state index contributed by atoms with van der Waals surface area (Å²) in [4.78, 5) is 4.78. The molecule has 0 atom stereocenters. The van der Waals surface area contributed by atoms with Gasteiger partial charge in [-0.05, 0) is 59.0 Å². The Morgan fingerprint density at radius 1 is 1.42 bits per heavy atom. The molecule has 19 heavy (non-hydrogen) atoms. The predicted molar refractivity (Wildman–Crippen MR) is 88.8 cm³/mol. The van der Waals surface area contributed by atoms with Crippen molar-refractivity contribution in [2.45, 2.75) is 39.2 Å². The zero-order chi connectivity index (χ0) is 13.5. The number of hydrogen-bond acceptors (Lipinski definition) is 1. The van der Waals surface area contributed by atoms with Gasteiger partial charge in [-0.2, -0.15) is 0 Å². The number of aryl methyl sites for hydroxylation is 1. The summed E-state index contributed by atoms with van der Waals surface area (Å²) in [6.07, 6.45) is 4.88. The highest BCUT2D eigenvalue weighted by Gasteiger charge is 2.33. The molecule has 0 radical (unpaired) electrons. The van der Waals surface area contributed by atoms with Gasteiger partial charge >= 0.3 is 0 Å². The molecule has 2 aromatic rings. The minimum Gasteiger partial charge on any atom is -0.327 e. The smallest absolute Gasteiger partial charge is 0.111 e. The van der Waals surface area contributed by atoms with Crippen molar-refractivity contribution in [3.8, 4) is 0 Å². The second-order valence-electron chi connectivity index (χ2n) is 5.85. The topological polar surface area (TPSA) is 17.8 Å². The summed E-state index contributed by atoms with van der Waals surface area (Å²) < 4.78 is 3.63. The average molecular weight is 389 g/mol. The molecule has 0 unspecified atom stereocenters. The maximum absolute atomic E-state index is 5.93. The van der Waals surface area contributed by atoms with Gasteiger partial charge in [-0.3, -0.25) is 0 Å². The Morgan fingerprint density at radius 3 is 2.84 bits per heavy atom. The Hall–Kier alpha value is -0.290. The first-order valence-electron chi connectivity index (χ1n) is 6.82. The third kappa shape index (κ3) is 2.64. The maximum atomic E-state index is 5.93. The van der Waals surface area contributed by atoms with Crippen LogP contribution in [-0.4, -0.2) is 15.4 Å². The van der Waals surface area contributed by atoms with Crippen molar-refractivity contribution in [1.82, 2.24) is 9.55 Å². The van der Waals surface area contributed by atoms with Gasteiger partial charge in [0.05, 0.1) is 11.0 Å². The molecule has 3 rings (SSSR count). The van der Waals surface area contributed by atoms with Gasteiger partial charge in [0.2, 0.25) is 0 Å². The van der Waals surface area contributed by atoms with E-state index in [0.29, 0.717) is 11.3 Å². The average Bonchev–Trinajstić information content (AvgIpc) is 2.65. The van der Waals surface area contributed by atoms with E-state index in [2.05, 4.69) is 52.3 Å². The summed E-state index contributed by atoms with van der Waals surface area (Å²) in [5, 5.41) is 0. The normalized spacial score (nSPS) is 17.6. The predicted octanol–water partition coefficient (Wildman–Crippen LogP) is 4.61. The molecule has 1 aliphatic carbocycles. The lowest BCUT2D eigenvalue weighted by Crippen LogP contribution is -2.31. The minimum atomic E-state index is 0.456. The molecule has 0 amide bonds. The van der Waals surface area contributed by atoms with Crippen molar-refractivity contribution in [1.29, 1.82) is 0 Å². The van der Waals surface area contributed by atoms with E-state index in [1.54, 1.807) is 0 Å². The van der Waals surface area contributed by atoms with Gasteiger partial charge in [-0.15, -0.1) is 11.6 Å². The zero-order valence-corrected chi connectivity index (χ0v) is 14.0. The van der Waals surface area contributed by atoms with Crippen LogP contribution in [0.1, 0.15) is 32.0 Å². The Labute approximate surface area is 132 Å². The standard InChI is InChI=1S/C15H18ClIN2/c1-15(6-2-7-15)10-19-13-4-3-11(17)9-12(13)18-14(19)5-8-16/h3-4,9H,2,5-8,10H2,1H3.